The van der Waals surface area contributed by atoms with Crippen LogP contribution in [0.15, 0.2) is 39.8 Å². The molecule has 0 spiro atoms. The Balaban J connectivity index is 2.45. The van der Waals surface area contributed by atoms with E-state index in [0.717, 1.165) is 11.1 Å². The van der Waals surface area contributed by atoms with Crippen molar-refractivity contribution >= 4 is 37.5 Å². The summed E-state index contributed by atoms with van der Waals surface area (Å²) in [4.78, 5) is 4.16. The molecule has 0 amide bonds. The number of hydrogen-bond donors (Lipinski definition) is 2. The van der Waals surface area contributed by atoms with Gasteiger partial charge in [-0.05, 0) is 59.1 Å². The maximum Gasteiger partial charge on any atom is 0.265 e. The van der Waals surface area contributed by atoms with E-state index in [4.69, 9.17) is 0 Å². The van der Waals surface area contributed by atoms with Gasteiger partial charge in [0, 0.05) is 23.4 Å². The molecule has 2 rings (SSSR count). The predicted octanol–water partition coefficient (Wildman–Crippen LogP) is 3.30. The van der Waals surface area contributed by atoms with Crippen molar-refractivity contribution in [3.8, 4) is 0 Å². The topological polar surface area (TPSA) is 71.1 Å². The van der Waals surface area contributed by atoms with Crippen molar-refractivity contribution < 1.29 is 8.42 Å². The molecule has 1 aromatic carbocycles. The molecule has 0 unspecified atom stereocenters. The first-order valence-corrected chi connectivity index (χ1v) is 8.54. The molecule has 21 heavy (non-hydrogen) atoms. The van der Waals surface area contributed by atoms with Crippen LogP contribution in [0.1, 0.15) is 11.1 Å². The van der Waals surface area contributed by atoms with Gasteiger partial charge in [0.05, 0.1) is 0 Å². The SMILES string of the molecule is CNc1ncc(Br)cc1S(=O)(=O)Nc1cc(C)cc(C)c1. The first kappa shape index (κ1) is 15.8. The molecule has 0 saturated heterocycles. The minimum Gasteiger partial charge on any atom is -0.372 e. The number of hydrogen-bond acceptors (Lipinski definition) is 4. The standard InChI is InChI=1S/C14H16BrN3O2S/c1-9-4-10(2)6-12(5-9)18-21(19,20)13-7-11(15)8-17-14(13)16-3/h4-8,18H,1-3H3,(H,16,17). The molecule has 2 N–H and O–H groups in total. The Kier molecular flexibility index (Phi) is 4.53. The van der Waals surface area contributed by atoms with Gasteiger partial charge in [-0.25, -0.2) is 13.4 Å². The summed E-state index contributed by atoms with van der Waals surface area (Å²) in [7, 11) is -2.09. The molecule has 1 heterocycles. The summed E-state index contributed by atoms with van der Waals surface area (Å²) in [6, 6.07) is 7.07. The number of benzene rings is 1. The number of aromatic nitrogens is 1. The Hall–Kier alpha value is -1.60. The second-order valence-corrected chi connectivity index (χ2v) is 7.30. The smallest absolute Gasteiger partial charge is 0.265 e. The third kappa shape index (κ3) is 3.74. The van der Waals surface area contributed by atoms with Gasteiger partial charge >= 0.3 is 0 Å². The lowest BCUT2D eigenvalue weighted by molar-refractivity contribution is 0.601. The molecule has 0 aliphatic heterocycles. The summed E-state index contributed by atoms with van der Waals surface area (Å²) < 4.78 is 28.3. The third-order valence-corrected chi connectivity index (χ3v) is 4.65. The van der Waals surface area contributed by atoms with E-state index in [2.05, 4.69) is 31.0 Å². The molecule has 0 aliphatic rings. The molecule has 0 atom stereocenters. The molecule has 1 aromatic heterocycles. The summed E-state index contributed by atoms with van der Waals surface area (Å²) in [6.07, 6.45) is 1.54. The number of rotatable bonds is 4. The second kappa shape index (κ2) is 6.03. The van der Waals surface area contributed by atoms with E-state index in [9.17, 15) is 8.42 Å². The van der Waals surface area contributed by atoms with Gasteiger partial charge in [0.1, 0.15) is 10.7 Å². The summed E-state index contributed by atoms with van der Waals surface area (Å²) in [5.41, 5.74) is 2.53. The number of nitrogens with one attached hydrogen (secondary N) is 2. The van der Waals surface area contributed by atoms with Crippen molar-refractivity contribution in [2.75, 3.05) is 17.1 Å². The van der Waals surface area contributed by atoms with E-state index in [1.165, 1.54) is 6.07 Å². The molecule has 112 valence electrons. The van der Waals surface area contributed by atoms with Crippen LogP contribution in [0.25, 0.3) is 0 Å². The zero-order valence-electron chi connectivity index (χ0n) is 11.9. The molecule has 0 saturated carbocycles. The zero-order chi connectivity index (χ0) is 15.6. The van der Waals surface area contributed by atoms with Crippen molar-refractivity contribution in [1.82, 2.24) is 4.98 Å². The summed E-state index contributed by atoms with van der Waals surface area (Å²) in [5.74, 6) is 0.301. The number of sulfonamides is 1. The first-order valence-electron chi connectivity index (χ1n) is 6.26. The van der Waals surface area contributed by atoms with Crippen molar-refractivity contribution in [3.05, 3.63) is 46.1 Å². The summed E-state index contributed by atoms with van der Waals surface area (Å²) in [6.45, 7) is 3.84. The molecular formula is C14H16BrN3O2S. The van der Waals surface area contributed by atoms with Crippen LogP contribution in [0.5, 0.6) is 0 Å². The molecular weight excluding hydrogens is 354 g/mol. The van der Waals surface area contributed by atoms with Crippen LogP contribution in [0.3, 0.4) is 0 Å². The number of pyridine rings is 1. The highest BCUT2D eigenvalue weighted by atomic mass is 79.9. The van der Waals surface area contributed by atoms with Gasteiger partial charge in [0.2, 0.25) is 0 Å². The minimum absolute atomic E-state index is 0.0959. The lowest BCUT2D eigenvalue weighted by Gasteiger charge is -2.12. The normalized spacial score (nSPS) is 11.2. The van der Waals surface area contributed by atoms with Crippen LogP contribution in [0, 0.1) is 13.8 Å². The lowest BCUT2D eigenvalue weighted by Crippen LogP contribution is -2.15. The molecule has 0 aliphatic carbocycles. The molecule has 0 bridgehead atoms. The number of nitrogens with zero attached hydrogens (tertiary/aromatic N) is 1. The maximum absolute atomic E-state index is 12.5. The molecule has 7 heteroatoms. The van der Waals surface area contributed by atoms with Crippen LogP contribution in [-0.4, -0.2) is 20.4 Å². The number of aryl methyl sites for hydroxylation is 2. The highest BCUT2D eigenvalue weighted by Crippen LogP contribution is 2.25. The Morgan fingerprint density at radius 2 is 1.71 bits per heavy atom. The Morgan fingerprint density at radius 1 is 1.10 bits per heavy atom. The van der Waals surface area contributed by atoms with Crippen molar-refractivity contribution in [3.63, 3.8) is 0 Å². The quantitative estimate of drug-likeness (QED) is 0.866. The lowest BCUT2D eigenvalue weighted by atomic mass is 10.1. The van der Waals surface area contributed by atoms with E-state index in [0.29, 0.717) is 16.0 Å². The monoisotopic (exact) mass is 369 g/mol. The maximum atomic E-state index is 12.5. The van der Waals surface area contributed by atoms with E-state index < -0.39 is 10.0 Å². The van der Waals surface area contributed by atoms with Crippen LogP contribution in [0.4, 0.5) is 11.5 Å². The van der Waals surface area contributed by atoms with Crippen molar-refractivity contribution in [2.45, 2.75) is 18.7 Å². The fraction of sp³-hybridized carbons (Fsp3) is 0.214. The van der Waals surface area contributed by atoms with E-state index in [1.807, 2.05) is 19.9 Å². The Labute approximate surface area is 133 Å². The van der Waals surface area contributed by atoms with Gasteiger partial charge in [-0.2, -0.15) is 0 Å². The van der Waals surface area contributed by atoms with Crippen LogP contribution < -0.4 is 10.0 Å². The van der Waals surface area contributed by atoms with Crippen molar-refractivity contribution in [2.24, 2.45) is 0 Å². The van der Waals surface area contributed by atoms with Gasteiger partial charge in [-0.1, -0.05) is 6.07 Å². The highest BCUT2D eigenvalue weighted by Gasteiger charge is 2.20. The fourth-order valence-electron chi connectivity index (χ4n) is 2.06. The van der Waals surface area contributed by atoms with Crippen molar-refractivity contribution in [1.29, 1.82) is 0 Å². The molecule has 0 radical (unpaired) electrons. The summed E-state index contributed by atoms with van der Waals surface area (Å²) >= 11 is 3.24. The van der Waals surface area contributed by atoms with E-state index >= 15 is 0 Å². The second-order valence-electron chi connectivity index (χ2n) is 4.73. The van der Waals surface area contributed by atoms with Crippen LogP contribution in [0.2, 0.25) is 0 Å². The van der Waals surface area contributed by atoms with Crippen LogP contribution >= 0.6 is 15.9 Å². The Bertz CT molecular complexity index is 756. The predicted molar refractivity (Wildman–Crippen MR) is 88.2 cm³/mol. The third-order valence-electron chi connectivity index (χ3n) is 2.82. The Morgan fingerprint density at radius 3 is 2.29 bits per heavy atom. The minimum atomic E-state index is -3.72. The molecule has 0 fully saturated rings. The van der Waals surface area contributed by atoms with Gasteiger partial charge in [0.25, 0.3) is 10.0 Å². The van der Waals surface area contributed by atoms with Gasteiger partial charge in [-0.15, -0.1) is 0 Å². The largest absolute Gasteiger partial charge is 0.372 e. The van der Waals surface area contributed by atoms with Gasteiger partial charge < -0.3 is 5.32 Å². The average Bonchev–Trinajstić information content (AvgIpc) is 2.36. The van der Waals surface area contributed by atoms with Gasteiger partial charge in [-0.3, -0.25) is 4.72 Å². The molecule has 2 aromatic rings. The fourth-order valence-corrected chi connectivity index (χ4v) is 3.77. The van der Waals surface area contributed by atoms with Crippen LogP contribution in [-0.2, 0) is 10.0 Å². The summed E-state index contributed by atoms with van der Waals surface area (Å²) in [5, 5.41) is 2.79. The first-order chi connectivity index (χ1) is 9.81. The number of anilines is 2. The average molecular weight is 370 g/mol. The zero-order valence-corrected chi connectivity index (χ0v) is 14.3. The number of halogens is 1. The van der Waals surface area contributed by atoms with E-state index in [1.54, 1.807) is 25.4 Å². The van der Waals surface area contributed by atoms with Gasteiger partial charge in [0.15, 0.2) is 0 Å². The molecule has 5 nitrogen and oxygen atoms in total. The highest BCUT2D eigenvalue weighted by molar-refractivity contribution is 9.10. The van der Waals surface area contributed by atoms with E-state index in [-0.39, 0.29) is 4.90 Å².